The average molecular weight is 347 g/mol. The Labute approximate surface area is 137 Å². The predicted octanol–water partition coefficient (Wildman–Crippen LogP) is 1.83. The van der Waals surface area contributed by atoms with Gasteiger partial charge in [-0.1, -0.05) is 0 Å². The third-order valence-corrected chi connectivity index (χ3v) is 4.47. The zero-order valence-electron chi connectivity index (χ0n) is 11.8. The van der Waals surface area contributed by atoms with Gasteiger partial charge < -0.3 is 5.73 Å². The lowest BCUT2D eigenvalue weighted by atomic mass is 10.2. The third kappa shape index (κ3) is 3.02. The van der Waals surface area contributed by atoms with E-state index in [9.17, 15) is 8.42 Å². The van der Waals surface area contributed by atoms with Crippen molar-refractivity contribution >= 4 is 27.9 Å². The lowest BCUT2D eigenvalue weighted by Gasteiger charge is -2.08. The van der Waals surface area contributed by atoms with E-state index in [2.05, 4.69) is 10.2 Å². The zero-order valence-corrected chi connectivity index (χ0v) is 13.4. The van der Waals surface area contributed by atoms with Gasteiger partial charge in [0.25, 0.3) is 0 Å². The minimum Gasteiger partial charge on any atom is -0.399 e. The Balaban J connectivity index is 2.12. The molecule has 0 amide bonds. The number of nitrogens with zero attached hydrogens (tertiary/aromatic N) is 2. The van der Waals surface area contributed by atoms with E-state index in [-0.39, 0.29) is 4.90 Å². The summed E-state index contributed by atoms with van der Waals surface area (Å²) in [5.41, 5.74) is 7.83. The van der Waals surface area contributed by atoms with E-state index in [0.717, 1.165) is 5.56 Å². The fraction of sp³-hybridized carbons (Fsp3) is 0. The smallest absolute Gasteiger partial charge is 0.238 e. The Morgan fingerprint density at radius 1 is 1.04 bits per heavy atom. The molecular formula is C14H13N5O2S2. The maximum absolute atomic E-state index is 11.3. The summed E-state index contributed by atoms with van der Waals surface area (Å²) in [6.45, 7) is 0. The van der Waals surface area contributed by atoms with Crippen molar-refractivity contribution in [2.45, 2.75) is 4.90 Å². The van der Waals surface area contributed by atoms with Crippen LogP contribution in [0.3, 0.4) is 0 Å². The summed E-state index contributed by atoms with van der Waals surface area (Å²) in [5, 5.41) is 12.1. The fourth-order valence-electron chi connectivity index (χ4n) is 2.15. The van der Waals surface area contributed by atoms with E-state index in [4.69, 9.17) is 23.1 Å². The number of aromatic nitrogens is 3. The summed E-state index contributed by atoms with van der Waals surface area (Å²) in [6.07, 6.45) is 0. The maximum atomic E-state index is 11.3. The molecule has 0 unspecified atom stereocenters. The van der Waals surface area contributed by atoms with Crippen molar-refractivity contribution in [2.75, 3.05) is 5.73 Å². The van der Waals surface area contributed by atoms with E-state index in [1.54, 1.807) is 28.8 Å². The third-order valence-electron chi connectivity index (χ3n) is 3.26. The minimum absolute atomic E-state index is 0.0327. The number of rotatable bonds is 3. The van der Waals surface area contributed by atoms with Gasteiger partial charge in [0.05, 0.1) is 10.6 Å². The molecule has 0 aliphatic heterocycles. The molecule has 0 saturated carbocycles. The first-order valence-corrected chi connectivity index (χ1v) is 8.48. The molecule has 3 aromatic rings. The minimum atomic E-state index is -3.74. The summed E-state index contributed by atoms with van der Waals surface area (Å²) in [4.78, 5) is 0.0327. The molecule has 0 spiro atoms. The van der Waals surface area contributed by atoms with Crippen LogP contribution in [0.25, 0.3) is 17.1 Å². The van der Waals surface area contributed by atoms with Gasteiger partial charge >= 0.3 is 0 Å². The highest BCUT2D eigenvalue weighted by Crippen LogP contribution is 2.23. The van der Waals surface area contributed by atoms with Gasteiger partial charge in [-0.05, 0) is 60.7 Å². The molecule has 0 aliphatic rings. The highest BCUT2D eigenvalue weighted by Gasteiger charge is 2.12. The number of aromatic amines is 1. The molecule has 118 valence electrons. The van der Waals surface area contributed by atoms with Crippen molar-refractivity contribution in [2.24, 2.45) is 5.14 Å². The Hall–Kier alpha value is -2.49. The van der Waals surface area contributed by atoms with Crippen LogP contribution in [-0.4, -0.2) is 23.2 Å². The molecule has 23 heavy (non-hydrogen) atoms. The quantitative estimate of drug-likeness (QED) is 0.493. The van der Waals surface area contributed by atoms with E-state index in [0.29, 0.717) is 22.0 Å². The number of hydrogen-bond donors (Lipinski definition) is 3. The van der Waals surface area contributed by atoms with Gasteiger partial charge in [-0.25, -0.2) is 13.6 Å². The van der Waals surface area contributed by atoms with Gasteiger partial charge in [0.1, 0.15) is 0 Å². The number of nitrogens with two attached hydrogens (primary N) is 2. The number of primary sulfonamides is 1. The summed E-state index contributed by atoms with van der Waals surface area (Å²) < 4.78 is 24.8. The van der Waals surface area contributed by atoms with Crippen molar-refractivity contribution < 1.29 is 8.42 Å². The molecule has 5 N–H and O–H groups in total. The number of benzene rings is 2. The molecule has 0 radical (unpaired) electrons. The van der Waals surface area contributed by atoms with Crippen molar-refractivity contribution in [3.8, 4) is 17.1 Å². The summed E-state index contributed by atoms with van der Waals surface area (Å²) in [5.74, 6) is 0.596. The number of nitrogens with one attached hydrogen (secondary N) is 1. The number of sulfonamides is 1. The lowest BCUT2D eigenvalue weighted by Crippen LogP contribution is -2.12. The Kier molecular flexibility index (Phi) is 3.76. The van der Waals surface area contributed by atoms with Crippen LogP contribution in [0.15, 0.2) is 53.4 Å². The van der Waals surface area contributed by atoms with Crippen LogP contribution in [0.2, 0.25) is 0 Å². The number of anilines is 1. The number of nitrogen functional groups attached to an aromatic ring is 1. The SMILES string of the molecule is Nc1ccc(-c2n[nH]c(=S)n2-c2ccc(S(N)(=O)=O)cc2)cc1. The van der Waals surface area contributed by atoms with Gasteiger partial charge in [0.2, 0.25) is 10.0 Å². The molecular weight excluding hydrogens is 334 g/mol. The van der Waals surface area contributed by atoms with Crippen LogP contribution in [0.4, 0.5) is 5.69 Å². The van der Waals surface area contributed by atoms with Gasteiger partial charge in [-0.2, -0.15) is 5.10 Å². The monoisotopic (exact) mass is 347 g/mol. The fourth-order valence-corrected chi connectivity index (χ4v) is 2.90. The van der Waals surface area contributed by atoms with Crippen molar-refractivity contribution in [1.29, 1.82) is 0 Å². The predicted molar refractivity (Wildman–Crippen MR) is 90.0 cm³/mol. The van der Waals surface area contributed by atoms with Gasteiger partial charge in [-0.3, -0.25) is 9.67 Å². The van der Waals surface area contributed by atoms with Crippen LogP contribution in [0.1, 0.15) is 0 Å². The summed E-state index contributed by atoms with van der Waals surface area (Å²) >= 11 is 5.26. The summed E-state index contributed by atoms with van der Waals surface area (Å²) in [7, 11) is -3.74. The van der Waals surface area contributed by atoms with Crippen molar-refractivity contribution in [1.82, 2.24) is 14.8 Å². The molecule has 7 nitrogen and oxygen atoms in total. The highest BCUT2D eigenvalue weighted by molar-refractivity contribution is 7.89. The standard InChI is InChI=1S/C14H13N5O2S2/c15-10-3-1-9(2-4-10)13-17-18-14(22)19(13)11-5-7-12(8-6-11)23(16,20)21/h1-8H,15H2,(H,18,22)(H2,16,20,21). The van der Waals surface area contributed by atoms with Crippen molar-refractivity contribution in [3.63, 3.8) is 0 Å². The number of H-pyrrole nitrogens is 1. The first kappa shape index (κ1) is 15.4. The first-order valence-electron chi connectivity index (χ1n) is 6.53. The van der Waals surface area contributed by atoms with Crippen molar-refractivity contribution in [3.05, 3.63) is 53.3 Å². The second kappa shape index (κ2) is 5.61. The topological polar surface area (TPSA) is 120 Å². The molecule has 0 saturated heterocycles. The van der Waals surface area contributed by atoms with E-state index in [1.807, 2.05) is 12.1 Å². The van der Waals surface area contributed by atoms with E-state index < -0.39 is 10.0 Å². The van der Waals surface area contributed by atoms with Crippen LogP contribution in [-0.2, 0) is 10.0 Å². The maximum Gasteiger partial charge on any atom is 0.238 e. The zero-order chi connectivity index (χ0) is 16.6. The Morgan fingerprint density at radius 3 is 2.22 bits per heavy atom. The second-order valence-electron chi connectivity index (χ2n) is 4.85. The molecule has 1 heterocycles. The molecule has 9 heteroatoms. The van der Waals surface area contributed by atoms with Crippen LogP contribution in [0, 0.1) is 4.77 Å². The van der Waals surface area contributed by atoms with E-state index >= 15 is 0 Å². The Morgan fingerprint density at radius 2 is 1.65 bits per heavy atom. The second-order valence-corrected chi connectivity index (χ2v) is 6.80. The molecule has 0 atom stereocenters. The average Bonchev–Trinajstić information content (AvgIpc) is 2.89. The molecule has 0 bridgehead atoms. The molecule has 3 rings (SSSR count). The largest absolute Gasteiger partial charge is 0.399 e. The van der Waals surface area contributed by atoms with Crippen LogP contribution < -0.4 is 10.9 Å². The highest BCUT2D eigenvalue weighted by atomic mass is 32.2. The van der Waals surface area contributed by atoms with Gasteiger partial charge in [0, 0.05) is 11.3 Å². The van der Waals surface area contributed by atoms with Crippen LogP contribution in [0.5, 0.6) is 0 Å². The van der Waals surface area contributed by atoms with E-state index in [1.165, 1.54) is 12.1 Å². The van der Waals surface area contributed by atoms with Gasteiger partial charge in [0.15, 0.2) is 10.6 Å². The molecule has 0 aliphatic carbocycles. The normalized spacial score (nSPS) is 11.5. The number of hydrogen-bond acceptors (Lipinski definition) is 5. The summed E-state index contributed by atoms with van der Waals surface area (Å²) in [6, 6.07) is 13.3. The lowest BCUT2D eigenvalue weighted by molar-refractivity contribution is 0.598. The molecule has 2 aromatic carbocycles. The first-order chi connectivity index (χ1) is 10.9. The van der Waals surface area contributed by atoms with Gasteiger partial charge in [-0.15, -0.1) is 0 Å². The molecule has 1 aromatic heterocycles. The Bertz CT molecular complexity index is 1000. The molecule has 0 fully saturated rings. The van der Waals surface area contributed by atoms with Crippen LogP contribution >= 0.6 is 12.2 Å².